The molecule has 1 amide bonds. The zero-order chi connectivity index (χ0) is 15.1. The van der Waals surface area contributed by atoms with E-state index in [0.29, 0.717) is 18.9 Å². The number of amides is 1. The van der Waals surface area contributed by atoms with Crippen LogP contribution in [0.15, 0.2) is 36.5 Å². The zero-order valence-corrected chi connectivity index (χ0v) is 12.2. The highest BCUT2D eigenvalue weighted by Gasteiger charge is 2.04. The number of aryl methyl sites for hydroxylation is 1. The summed E-state index contributed by atoms with van der Waals surface area (Å²) >= 11 is 0. The van der Waals surface area contributed by atoms with Crippen LogP contribution in [0, 0.1) is 6.92 Å². The largest absolute Gasteiger partial charge is 0.373 e. The topological polar surface area (TPSA) is 78.9 Å². The van der Waals surface area contributed by atoms with Crippen molar-refractivity contribution in [2.75, 3.05) is 29.5 Å². The number of rotatable bonds is 6. The Hall–Kier alpha value is -2.63. The number of hydrogen-bond acceptors (Lipinski definition) is 5. The van der Waals surface area contributed by atoms with Crippen molar-refractivity contribution in [3.8, 4) is 0 Å². The molecule has 0 saturated heterocycles. The summed E-state index contributed by atoms with van der Waals surface area (Å²) < 4.78 is 0. The Morgan fingerprint density at radius 1 is 1.24 bits per heavy atom. The third-order valence-corrected chi connectivity index (χ3v) is 2.97. The van der Waals surface area contributed by atoms with E-state index < -0.39 is 0 Å². The van der Waals surface area contributed by atoms with Crippen molar-refractivity contribution in [3.63, 3.8) is 0 Å². The number of carbonyl (C=O) groups is 1. The van der Waals surface area contributed by atoms with Crippen LogP contribution in [0.25, 0.3) is 0 Å². The first-order valence-corrected chi connectivity index (χ1v) is 6.79. The van der Waals surface area contributed by atoms with Gasteiger partial charge in [-0.2, -0.15) is 4.98 Å². The molecule has 21 heavy (non-hydrogen) atoms. The number of nitrogens with one attached hydrogen (secondary N) is 3. The van der Waals surface area contributed by atoms with Crippen LogP contribution in [0.5, 0.6) is 0 Å². The van der Waals surface area contributed by atoms with Gasteiger partial charge in [-0.05, 0) is 24.6 Å². The van der Waals surface area contributed by atoms with Crippen molar-refractivity contribution in [1.82, 2.24) is 9.97 Å². The lowest BCUT2D eigenvalue weighted by molar-refractivity contribution is -0.115. The van der Waals surface area contributed by atoms with Gasteiger partial charge in [0, 0.05) is 31.9 Å². The first kappa shape index (κ1) is 14.8. The van der Waals surface area contributed by atoms with Crippen LogP contribution < -0.4 is 16.0 Å². The Morgan fingerprint density at radius 3 is 2.81 bits per heavy atom. The first-order valence-electron chi connectivity index (χ1n) is 6.79. The highest BCUT2D eigenvalue weighted by atomic mass is 16.1. The molecule has 2 aromatic rings. The van der Waals surface area contributed by atoms with Gasteiger partial charge in [-0.25, -0.2) is 4.98 Å². The molecule has 0 spiro atoms. The molecular formula is C15H19N5O. The molecule has 0 atom stereocenters. The highest BCUT2D eigenvalue weighted by Crippen LogP contribution is 2.13. The molecule has 0 unspecified atom stereocenters. The Bertz CT molecular complexity index is 615. The van der Waals surface area contributed by atoms with Crippen molar-refractivity contribution < 1.29 is 4.79 Å². The van der Waals surface area contributed by atoms with Gasteiger partial charge in [-0.3, -0.25) is 4.79 Å². The Balaban J connectivity index is 1.80. The molecule has 0 fully saturated rings. The molecule has 0 aliphatic rings. The number of hydrogen-bond donors (Lipinski definition) is 3. The maximum absolute atomic E-state index is 11.9. The Morgan fingerprint density at radius 2 is 2.05 bits per heavy atom. The summed E-state index contributed by atoms with van der Waals surface area (Å²) in [6.07, 6.45) is 2.01. The number of para-hydroxylation sites is 1. The molecule has 0 aliphatic carbocycles. The van der Waals surface area contributed by atoms with Gasteiger partial charge in [0.25, 0.3) is 0 Å². The van der Waals surface area contributed by atoms with E-state index >= 15 is 0 Å². The van der Waals surface area contributed by atoms with Gasteiger partial charge >= 0.3 is 0 Å². The second kappa shape index (κ2) is 7.23. The van der Waals surface area contributed by atoms with Crippen LogP contribution >= 0.6 is 0 Å². The fourth-order valence-electron chi connectivity index (χ4n) is 1.80. The van der Waals surface area contributed by atoms with Crippen molar-refractivity contribution in [1.29, 1.82) is 0 Å². The first-order chi connectivity index (χ1) is 10.2. The second-order valence-electron chi connectivity index (χ2n) is 4.56. The Kier molecular flexibility index (Phi) is 5.09. The SMILES string of the molecule is CNc1ccnc(NCCC(=O)Nc2ccccc2C)n1. The average molecular weight is 285 g/mol. The molecule has 1 aromatic carbocycles. The maximum Gasteiger partial charge on any atom is 0.226 e. The molecular weight excluding hydrogens is 266 g/mol. The number of carbonyl (C=O) groups excluding carboxylic acids is 1. The summed E-state index contributed by atoms with van der Waals surface area (Å²) in [5.74, 6) is 1.20. The number of anilines is 3. The van der Waals surface area contributed by atoms with E-state index in [1.807, 2.05) is 31.2 Å². The highest BCUT2D eigenvalue weighted by molar-refractivity contribution is 5.91. The summed E-state index contributed by atoms with van der Waals surface area (Å²) in [4.78, 5) is 20.2. The lowest BCUT2D eigenvalue weighted by Crippen LogP contribution is -2.17. The summed E-state index contributed by atoms with van der Waals surface area (Å²) in [7, 11) is 1.79. The molecule has 2 rings (SSSR count). The van der Waals surface area contributed by atoms with Crippen LogP contribution in [0.1, 0.15) is 12.0 Å². The minimum atomic E-state index is -0.0402. The summed E-state index contributed by atoms with van der Waals surface area (Å²) in [5.41, 5.74) is 1.89. The summed E-state index contributed by atoms with van der Waals surface area (Å²) in [6, 6.07) is 9.47. The van der Waals surface area contributed by atoms with Gasteiger partial charge in [-0.1, -0.05) is 18.2 Å². The van der Waals surface area contributed by atoms with E-state index in [1.54, 1.807) is 19.3 Å². The van der Waals surface area contributed by atoms with Crippen LogP contribution in [-0.2, 0) is 4.79 Å². The smallest absolute Gasteiger partial charge is 0.226 e. The Labute approximate surface area is 124 Å². The molecule has 1 heterocycles. The third-order valence-electron chi connectivity index (χ3n) is 2.97. The fourth-order valence-corrected chi connectivity index (χ4v) is 1.80. The van der Waals surface area contributed by atoms with E-state index in [1.165, 1.54) is 0 Å². The van der Waals surface area contributed by atoms with Crippen LogP contribution in [-0.4, -0.2) is 29.5 Å². The number of nitrogens with zero attached hydrogens (tertiary/aromatic N) is 2. The summed E-state index contributed by atoms with van der Waals surface area (Å²) in [5, 5.41) is 8.85. The normalized spacial score (nSPS) is 10.0. The molecule has 6 heteroatoms. The number of aromatic nitrogens is 2. The van der Waals surface area contributed by atoms with E-state index in [-0.39, 0.29) is 5.91 Å². The van der Waals surface area contributed by atoms with Crippen LogP contribution in [0.3, 0.4) is 0 Å². The van der Waals surface area contributed by atoms with Gasteiger partial charge in [-0.15, -0.1) is 0 Å². The van der Waals surface area contributed by atoms with E-state index in [4.69, 9.17) is 0 Å². The average Bonchev–Trinajstić information content (AvgIpc) is 2.50. The van der Waals surface area contributed by atoms with E-state index in [0.717, 1.165) is 17.1 Å². The monoisotopic (exact) mass is 285 g/mol. The van der Waals surface area contributed by atoms with Crippen LogP contribution in [0.4, 0.5) is 17.5 Å². The standard InChI is InChI=1S/C15H19N5O/c1-11-5-3-4-6-12(11)19-14(21)8-10-18-15-17-9-7-13(16-2)20-15/h3-7,9H,8,10H2,1-2H3,(H,19,21)(H2,16,17,18,20). The van der Waals surface area contributed by atoms with E-state index in [9.17, 15) is 4.79 Å². The van der Waals surface area contributed by atoms with Crippen molar-refractivity contribution in [2.24, 2.45) is 0 Å². The molecule has 6 nitrogen and oxygen atoms in total. The molecule has 1 aromatic heterocycles. The maximum atomic E-state index is 11.9. The van der Waals surface area contributed by atoms with Gasteiger partial charge < -0.3 is 16.0 Å². The lowest BCUT2D eigenvalue weighted by Gasteiger charge is -2.09. The van der Waals surface area contributed by atoms with Gasteiger partial charge in [0.15, 0.2) is 0 Å². The quantitative estimate of drug-likeness (QED) is 0.759. The fraction of sp³-hybridized carbons (Fsp3) is 0.267. The lowest BCUT2D eigenvalue weighted by atomic mass is 10.2. The predicted molar refractivity (Wildman–Crippen MR) is 84.5 cm³/mol. The molecule has 0 radical (unpaired) electrons. The third kappa shape index (κ3) is 4.45. The minimum absolute atomic E-state index is 0.0402. The molecule has 0 aliphatic heterocycles. The van der Waals surface area contributed by atoms with Crippen molar-refractivity contribution in [2.45, 2.75) is 13.3 Å². The van der Waals surface area contributed by atoms with Crippen molar-refractivity contribution in [3.05, 3.63) is 42.1 Å². The second-order valence-corrected chi connectivity index (χ2v) is 4.56. The number of benzene rings is 1. The molecule has 3 N–H and O–H groups in total. The van der Waals surface area contributed by atoms with Gasteiger partial charge in [0.05, 0.1) is 0 Å². The summed E-state index contributed by atoms with van der Waals surface area (Å²) in [6.45, 7) is 2.44. The molecule has 0 saturated carbocycles. The van der Waals surface area contributed by atoms with E-state index in [2.05, 4.69) is 25.9 Å². The predicted octanol–water partition coefficient (Wildman–Crippen LogP) is 2.27. The van der Waals surface area contributed by atoms with Gasteiger partial charge in [0.1, 0.15) is 5.82 Å². The minimum Gasteiger partial charge on any atom is -0.373 e. The zero-order valence-electron chi connectivity index (χ0n) is 12.2. The van der Waals surface area contributed by atoms with Crippen LogP contribution in [0.2, 0.25) is 0 Å². The van der Waals surface area contributed by atoms with Crippen molar-refractivity contribution >= 4 is 23.4 Å². The molecule has 110 valence electrons. The van der Waals surface area contributed by atoms with Gasteiger partial charge in [0.2, 0.25) is 11.9 Å². The molecule has 0 bridgehead atoms.